The van der Waals surface area contributed by atoms with Gasteiger partial charge in [-0.2, -0.15) is 0 Å². The van der Waals surface area contributed by atoms with Gasteiger partial charge in [0, 0.05) is 22.8 Å². The number of benzene rings is 2. The second-order valence-electron chi connectivity index (χ2n) is 5.56. The highest BCUT2D eigenvalue weighted by atomic mass is 79.9. The van der Waals surface area contributed by atoms with Crippen LogP contribution in [0.2, 0.25) is 0 Å². The molecule has 1 aromatic heterocycles. The number of hydrogen-bond acceptors (Lipinski definition) is 5. The van der Waals surface area contributed by atoms with Crippen LogP contribution in [0.3, 0.4) is 0 Å². The van der Waals surface area contributed by atoms with E-state index in [0.29, 0.717) is 18.1 Å². The van der Waals surface area contributed by atoms with Crippen molar-refractivity contribution in [2.24, 2.45) is 0 Å². The molecule has 0 fully saturated rings. The van der Waals surface area contributed by atoms with Gasteiger partial charge in [0.05, 0.1) is 19.2 Å². The molecule has 5 nitrogen and oxygen atoms in total. The van der Waals surface area contributed by atoms with Crippen LogP contribution in [0.15, 0.2) is 48.8 Å². The molecule has 3 aromatic rings. The van der Waals surface area contributed by atoms with Crippen LogP contribution in [0.4, 0.5) is 5.82 Å². The molecule has 0 aliphatic rings. The number of fused-ring (bicyclic) bond motifs is 1. The van der Waals surface area contributed by atoms with Crippen LogP contribution >= 0.6 is 15.9 Å². The van der Waals surface area contributed by atoms with Crippen molar-refractivity contribution in [3.05, 3.63) is 54.4 Å². The van der Waals surface area contributed by atoms with Gasteiger partial charge in [0.25, 0.3) is 0 Å². The maximum atomic E-state index is 5.77. The fourth-order valence-corrected chi connectivity index (χ4v) is 2.79. The fraction of sp³-hybridized carbons (Fsp3) is 0.263. The summed E-state index contributed by atoms with van der Waals surface area (Å²) in [6, 6.07) is 14.2. The molecular weight excluding hydrogens is 382 g/mol. The molecule has 1 atom stereocenters. The summed E-state index contributed by atoms with van der Waals surface area (Å²) in [5.74, 6) is 2.11. The van der Waals surface area contributed by atoms with Gasteiger partial charge in [0.1, 0.15) is 12.1 Å². The van der Waals surface area contributed by atoms with Crippen molar-refractivity contribution in [2.45, 2.75) is 13.0 Å². The van der Waals surface area contributed by atoms with E-state index in [-0.39, 0.29) is 6.04 Å². The summed E-state index contributed by atoms with van der Waals surface area (Å²) < 4.78 is 11.2. The Balaban J connectivity index is 1.97. The number of methoxy groups -OCH3 is 1. The number of hydrogen-bond donors (Lipinski definition) is 1. The fourth-order valence-electron chi connectivity index (χ4n) is 2.63. The first-order valence-electron chi connectivity index (χ1n) is 8.06. The second-order valence-corrected chi connectivity index (χ2v) is 6.35. The molecule has 0 radical (unpaired) electrons. The molecule has 1 N–H and O–H groups in total. The lowest BCUT2D eigenvalue weighted by molar-refractivity contribution is 0.315. The molecule has 25 heavy (non-hydrogen) atoms. The summed E-state index contributed by atoms with van der Waals surface area (Å²) in [5.41, 5.74) is 2.00. The zero-order valence-electron chi connectivity index (χ0n) is 14.2. The molecule has 0 saturated heterocycles. The van der Waals surface area contributed by atoms with E-state index in [0.717, 1.165) is 22.1 Å². The predicted molar refractivity (Wildman–Crippen MR) is 104 cm³/mol. The molecule has 2 aromatic carbocycles. The number of nitrogens with one attached hydrogen (secondary N) is 1. The van der Waals surface area contributed by atoms with E-state index in [4.69, 9.17) is 9.47 Å². The minimum absolute atomic E-state index is 0.119. The number of anilines is 1. The van der Waals surface area contributed by atoms with E-state index >= 15 is 0 Å². The van der Waals surface area contributed by atoms with Crippen LogP contribution in [0.1, 0.15) is 18.5 Å². The molecule has 6 heteroatoms. The van der Waals surface area contributed by atoms with Crippen LogP contribution in [0.5, 0.6) is 11.5 Å². The summed E-state index contributed by atoms with van der Waals surface area (Å²) >= 11 is 3.37. The lowest BCUT2D eigenvalue weighted by Crippen LogP contribution is -2.09. The minimum atomic E-state index is 0.119. The average molecular weight is 402 g/mol. The standard InChI is InChI=1S/C19H20BrN3O2/c1-13(14-6-4-3-5-7-14)23-19-15-10-18(25-9-8-20)17(24-2)11-16(15)21-12-22-19/h3-7,10-13H,8-9H2,1-2H3,(H,21,22,23)/t13-/m1/s1. The number of nitrogens with zero attached hydrogens (tertiary/aromatic N) is 2. The van der Waals surface area contributed by atoms with Crippen LogP contribution in [0, 0.1) is 0 Å². The Morgan fingerprint density at radius 1 is 1.12 bits per heavy atom. The van der Waals surface area contributed by atoms with Gasteiger partial charge in [-0.25, -0.2) is 9.97 Å². The van der Waals surface area contributed by atoms with Gasteiger partial charge >= 0.3 is 0 Å². The Hall–Kier alpha value is -2.34. The SMILES string of the molecule is COc1cc2ncnc(N[C@H](C)c3ccccc3)c2cc1OCCBr. The van der Waals surface area contributed by atoms with Gasteiger partial charge in [0.2, 0.25) is 0 Å². The quantitative estimate of drug-likeness (QED) is 0.586. The van der Waals surface area contributed by atoms with E-state index in [2.05, 4.69) is 50.3 Å². The van der Waals surface area contributed by atoms with Crippen LogP contribution in [0.25, 0.3) is 10.9 Å². The van der Waals surface area contributed by atoms with Crippen LogP contribution in [-0.4, -0.2) is 29.0 Å². The Morgan fingerprint density at radius 2 is 1.92 bits per heavy atom. The second kappa shape index (κ2) is 8.16. The van der Waals surface area contributed by atoms with Crippen molar-refractivity contribution < 1.29 is 9.47 Å². The highest BCUT2D eigenvalue weighted by Crippen LogP contribution is 2.34. The van der Waals surface area contributed by atoms with E-state index in [9.17, 15) is 0 Å². The molecule has 0 aliphatic carbocycles. The van der Waals surface area contributed by atoms with Crippen molar-refractivity contribution >= 4 is 32.7 Å². The van der Waals surface area contributed by atoms with E-state index in [1.807, 2.05) is 30.3 Å². The van der Waals surface area contributed by atoms with Gasteiger partial charge in [-0.05, 0) is 18.6 Å². The Labute approximate surface area is 155 Å². The van der Waals surface area contributed by atoms with E-state index in [1.54, 1.807) is 13.4 Å². The topological polar surface area (TPSA) is 56.3 Å². The van der Waals surface area contributed by atoms with Crippen LogP contribution in [-0.2, 0) is 0 Å². The first-order chi connectivity index (χ1) is 12.2. The third-order valence-electron chi connectivity index (χ3n) is 3.91. The maximum Gasteiger partial charge on any atom is 0.162 e. The molecule has 1 heterocycles. The average Bonchev–Trinajstić information content (AvgIpc) is 2.66. The molecule has 0 aliphatic heterocycles. The number of ether oxygens (including phenoxy) is 2. The normalized spacial score (nSPS) is 12.0. The van der Waals surface area contributed by atoms with E-state index < -0.39 is 0 Å². The lowest BCUT2D eigenvalue weighted by atomic mass is 10.1. The Bertz CT molecular complexity index is 843. The minimum Gasteiger partial charge on any atom is -0.493 e. The predicted octanol–water partition coefficient (Wildman–Crippen LogP) is 4.59. The smallest absolute Gasteiger partial charge is 0.162 e. The monoisotopic (exact) mass is 401 g/mol. The summed E-state index contributed by atoms with van der Waals surface area (Å²) in [6.45, 7) is 2.66. The summed E-state index contributed by atoms with van der Waals surface area (Å²) in [4.78, 5) is 8.78. The Kier molecular flexibility index (Phi) is 5.71. The molecule has 0 amide bonds. The zero-order valence-corrected chi connectivity index (χ0v) is 15.8. The highest BCUT2D eigenvalue weighted by molar-refractivity contribution is 9.09. The largest absolute Gasteiger partial charge is 0.493 e. The molecule has 0 unspecified atom stereocenters. The number of halogens is 1. The molecular formula is C19H20BrN3O2. The first-order valence-corrected chi connectivity index (χ1v) is 9.18. The summed E-state index contributed by atoms with van der Waals surface area (Å²) in [7, 11) is 1.62. The van der Waals surface area contributed by atoms with Gasteiger partial charge in [-0.15, -0.1) is 0 Å². The number of alkyl halides is 1. The lowest BCUT2D eigenvalue weighted by Gasteiger charge is -2.17. The van der Waals surface area contributed by atoms with Crippen molar-refractivity contribution in [1.29, 1.82) is 0 Å². The van der Waals surface area contributed by atoms with Crippen LogP contribution < -0.4 is 14.8 Å². The Morgan fingerprint density at radius 3 is 2.64 bits per heavy atom. The summed E-state index contributed by atoms with van der Waals surface area (Å²) in [5, 5.41) is 5.11. The van der Waals surface area contributed by atoms with Gasteiger partial charge in [-0.1, -0.05) is 46.3 Å². The van der Waals surface area contributed by atoms with Crippen molar-refractivity contribution in [3.63, 3.8) is 0 Å². The third-order valence-corrected chi connectivity index (χ3v) is 4.23. The summed E-state index contributed by atoms with van der Waals surface area (Å²) in [6.07, 6.45) is 1.56. The van der Waals surface area contributed by atoms with Crippen molar-refractivity contribution in [1.82, 2.24) is 9.97 Å². The van der Waals surface area contributed by atoms with Crippen molar-refractivity contribution in [2.75, 3.05) is 24.4 Å². The zero-order chi connectivity index (χ0) is 17.6. The van der Waals surface area contributed by atoms with Crippen molar-refractivity contribution in [3.8, 4) is 11.5 Å². The molecule has 0 saturated carbocycles. The highest BCUT2D eigenvalue weighted by Gasteiger charge is 2.13. The number of aromatic nitrogens is 2. The van der Waals surface area contributed by atoms with E-state index in [1.165, 1.54) is 5.56 Å². The number of rotatable bonds is 7. The first kappa shape index (κ1) is 17.5. The third kappa shape index (κ3) is 4.02. The van der Waals surface area contributed by atoms with Gasteiger partial charge < -0.3 is 14.8 Å². The maximum absolute atomic E-state index is 5.77. The molecule has 130 valence electrons. The van der Waals surface area contributed by atoms with Gasteiger partial charge in [0.15, 0.2) is 11.5 Å². The molecule has 3 rings (SSSR count). The van der Waals surface area contributed by atoms with Gasteiger partial charge in [-0.3, -0.25) is 0 Å². The molecule has 0 bridgehead atoms. The molecule has 0 spiro atoms.